The normalized spacial score (nSPS) is 18.9. The molecule has 13 heteroatoms. The molecule has 1 N–H and O–H groups in total. The molecular formula is C41H59N5O8. The van der Waals surface area contributed by atoms with Crippen molar-refractivity contribution in [3.63, 3.8) is 0 Å². The number of aliphatic carboxylic acids is 1. The number of carboxylic acids is 1. The van der Waals surface area contributed by atoms with Gasteiger partial charge in [0.2, 0.25) is 5.91 Å². The monoisotopic (exact) mass is 749 g/mol. The van der Waals surface area contributed by atoms with Gasteiger partial charge in [-0.2, -0.15) is 0 Å². The lowest BCUT2D eigenvalue weighted by Gasteiger charge is -2.38. The summed E-state index contributed by atoms with van der Waals surface area (Å²) in [7, 11) is 1.58. The van der Waals surface area contributed by atoms with Gasteiger partial charge in [-0.15, -0.1) is 0 Å². The van der Waals surface area contributed by atoms with Crippen LogP contribution in [-0.2, 0) is 20.9 Å². The van der Waals surface area contributed by atoms with Gasteiger partial charge in [0.05, 0.1) is 26.8 Å². The summed E-state index contributed by atoms with van der Waals surface area (Å²) in [6, 6.07) is 13.3. The first-order valence-electron chi connectivity index (χ1n) is 19.4. The predicted molar refractivity (Wildman–Crippen MR) is 205 cm³/mol. The molecule has 3 aliphatic rings. The van der Waals surface area contributed by atoms with Crippen LogP contribution in [0.25, 0.3) is 0 Å². The molecular weight excluding hydrogens is 690 g/mol. The zero-order chi connectivity index (χ0) is 38.8. The Morgan fingerprint density at radius 3 is 2.28 bits per heavy atom. The summed E-state index contributed by atoms with van der Waals surface area (Å²) in [4.78, 5) is 61.7. The number of ether oxygens (including phenoxy) is 3. The van der Waals surface area contributed by atoms with Gasteiger partial charge in [-0.25, -0.2) is 4.79 Å². The van der Waals surface area contributed by atoms with Crippen LogP contribution in [0.4, 0.5) is 4.79 Å². The summed E-state index contributed by atoms with van der Waals surface area (Å²) in [5.74, 6) is 0.910. The van der Waals surface area contributed by atoms with Gasteiger partial charge < -0.3 is 34.0 Å². The minimum Gasteiger partial charge on any atom is -0.497 e. The van der Waals surface area contributed by atoms with Crippen LogP contribution in [0, 0.1) is 5.92 Å². The van der Waals surface area contributed by atoms with E-state index in [1.165, 1.54) is 4.90 Å². The second kappa shape index (κ2) is 18.8. The molecule has 54 heavy (non-hydrogen) atoms. The number of carboxylic acid groups (broad SMARTS) is 1. The Hall–Kier alpha value is -4.36. The molecule has 2 aromatic carbocycles. The fourth-order valence-electron chi connectivity index (χ4n) is 7.65. The summed E-state index contributed by atoms with van der Waals surface area (Å²) in [5, 5.41) is 9.07. The number of hydrogen-bond donors (Lipinski definition) is 1. The van der Waals surface area contributed by atoms with Gasteiger partial charge in [0.1, 0.15) is 23.6 Å². The first kappa shape index (κ1) is 40.8. The Balaban J connectivity index is 1.17. The Labute approximate surface area is 320 Å². The molecule has 0 bridgehead atoms. The van der Waals surface area contributed by atoms with E-state index < -0.39 is 17.7 Å². The van der Waals surface area contributed by atoms with Crippen LogP contribution in [0.2, 0.25) is 0 Å². The summed E-state index contributed by atoms with van der Waals surface area (Å²) in [6.07, 6.45) is 3.04. The van der Waals surface area contributed by atoms with Crippen LogP contribution >= 0.6 is 0 Å². The lowest BCUT2D eigenvalue weighted by atomic mass is 9.89. The van der Waals surface area contributed by atoms with E-state index in [1.807, 2.05) is 52.0 Å². The number of benzene rings is 2. The predicted octanol–water partition coefficient (Wildman–Crippen LogP) is 4.79. The van der Waals surface area contributed by atoms with Crippen molar-refractivity contribution in [1.82, 2.24) is 24.5 Å². The summed E-state index contributed by atoms with van der Waals surface area (Å²) in [5.41, 5.74) is 1.72. The van der Waals surface area contributed by atoms with Gasteiger partial charge in [0, 0.05) is 82.0 Å². The van der Waals surface area contributed by atoms with Crippen LogP contribution in [0.15, 0.2) is 42.5 Å². The highest BCUT2D eigenvalue weighted by molar-refractivity contribution is 5.94. The maximum absolute atomic E-state index is 13.9. The van der Waals surface area contributed by atoms with Crippen molar-refractivity contribution < 1.29 is 38.5 Å². The highest BCUT2D eigenvalue weighted by Crippen LogP contribution is 2.30. The first-order chi connectivity index (χ1) is 25.8. The van der Waals surface area contributed by atoms with Crippen molar-refractivity contribution in [2.75, 3.05) is 85.7 Å². The topological polar surface area (TPSA) is 132 Å². The molecule has 5 rings (SSSR count). The van der Waals surface area contributed by atoms with E-state index in [4.69, 9.17) is 19.3 Å². The lowest BCUT2D eigenvalue weighted by Crippen LogP contribution is -2.50. The number of hydrogen-bond acceptors (Lipinski definition) is 9. The van der Waals surface area contributed by atoms with Gasteiger partial charge >= 0.3 is 12.1 Å². The standard InChI is InChI=1S/C41H59N5O8/c1-6-53-36-24-35(52-5)13-12-34(36)27-46(40(51)54-41(2,3)4)28-37(47)45-16-8-11-33(26-45)31-9-7-10-32(23-31)39(50)44-17-14-30(15-18-44)25-42-19-21-43(22-20-42)29-38(48)49/h7,9-10,12-13,23-24,30,33H,6,8,11,14-22,25-29H2,1-5H3,(H,48,49). The average Bonchev–Trinajstić information content (AvgIpc) is 3.15. The third kappa shape index (κ3) is 11.6. The highest BCUT2D eigenvalue weighted by atomic mass is 16.6. The van der Waals surface area contributed by atoms with E-state index in [9.17, 15) is 19.2 Å². The highest BCUT2D eigenvalue weighted by Gasteiger charge is 2.31. The van der Waals surface area contributed by atoms with Crippen LogP contribution in [0.3, 0.4) is 0 Å². The Kier molecular flexibility index (Phi) is 14.2. The maximum atomic E-state index is 13.9. The molecule has 0 aliphatic carbocycles. The number of piperidine rings is 2. The molecule has 0 aromatic heterocycles. The molecule has 3 fully saturated rings. The van der Waals surface area contributed by atoms with Crippen LogP contribution in [-0.4, -0.2) is 145 Å². The lowest BCUT2D eigenvalue weighted by molar-refractivity contribution is -0.138. The zero-order valence-electron chi connectivity index (χ0n) is 32.8. The minimum absolute atomic E-state index is 0.0410. The second-order valence-corrected chi connectivity index (χ2v) is 15.8. The molecule has 1 atom stereocenters. The number of rotatable bonds is 13. The second-order valence-electron chi connectivity index (χ2n) is 15.8. The molecule has 3 heterocycles. The Morgan fingerprint density at radius 1 is 0.889 bits per heavy atom. The van der Waals surface area contributed by atoms with Crippen LogP contribution in [0.1, 0.15) is 80.8 Å². The van der Waals surface area contributed by atoms with Gasteiger partial charge in [-0.1, -0.05) is 12.1 Å². The molecule has 13 nitrogen and oxygen atoms in total. The SMILES string of the molecule is CCOc1cc(OC)ccc1CN(CC(=O)N1CCCC(c2cccc(C(=O)N3CCC(CN4CCN(CC(=O)O)CC4)CC3)c2)C1)C(=O)OC(C)(C)C. The van der Waals surface area contributed by atoms with Crippen molar-refractivity contribution in [1.29, 1.82) is 0 Å². The Bertz CT molecular complexity index is 1600. The Morgan fingerprint density at radius 2 is 1.61 bits per heavy atom. The van der Waals surface area contributed by atoms with E-state index in [0.717, 1.165) is 82.6 Å². The first-order valence-corrected chi connectivity index (χ1v) is 19.4. The van der Waals surface area contributed by atoms with E-state index in [0.29, 0.717) is 42.7 Å². The van der Waals surface area contributed by atoms with Gasteiger partial charge in [-0.05, 0) is 89.1 Å². The number of carbonyl (C=O) groups excluding carboxylic acids is 3. The molecule has 3 amide bonds. The van der Waals surface area contributed by atoms with Gasteiger partial charge in [0.25, 0.3) is 5.91 Å². The van der Waals surface area contributed by atoms with E-state index in [2.05, 4.69) is 4.90 Å². The molecule has 3 aliphatic heterocycles. The number of carbonyl (C=O) groups is 4. The van der Waals surface area contributed by atoms with Crippen molar-refractivity contribution in [2.45, 2.75) is 71.4 Å². The zero-order valence-corrected chi connectivity index (χ0v) is 32.8. The number of likely N-dealkylation sites (tertiary alicyclic amines) is 2. The quantitative estimate of drug-likeness (QED) is 0.305. The number of nitrogens with zero attached hydrogens (tertiary/aromatic N) is 5. The molecule has 1 unspecified atom stereocenters. The fourth-order valence-corrected chi connectivity index (χ4v) is 7.65. The minimum atomic E-state index is -0.778. The van der Waals surface area contributed by atoms with Crippen molar-refractivity contribution in [3.8, 4) is 11.5 Å². The molecule has 3 saturated heterocycles. The molecule has 296 valence electrons. The van der Waals surface area contributed by atoms with Gasteiger partial charge in [-0.3, -0.25) is 24.2 Å². The van der Waals surface area contributed by atoms with Crippen LogP contribution < -0.4 is 9.47 Å². The molecule has 0 spiro atoms. The maximum Gasteiger partial charge on any atom is 0.411 e. The molecule has 0 radical (unpaired) electrons. The molecule has 0 saturated carbocycles. The third-order valence-corrected chi connectivity index (χ3v) is 10.5. The molecule has 2 aromatic rings. The summed E-state index contributed by atoms with van der Waals surface area (Å²) >= 11 is 0. The van der Waals surface area contributed by atoms with E-state index >= 15 is 0 Å². The van der Waals surface area contributed by atoms with Crippen molar-refractivity contribution in [3.05, 3.63) is 59.2 Å². The number of methoxy groups -OCH3 is 1. The number of amides is 3. The van der Waals surface area contributed by atoms with Crippen molar-refractivity contribution >= 4 is 23.9 Å². The largest absolute Gasteiger partial charge is 0.497 e. The summed E-state index contributed by atoms with van der Waals surface area (Å²) < 4.78 is 17.0. The number of piperazine rings is 1. The van der Waals surface area contributed by atoms with E-state index in [-0.39, 0.29) is 37.4 Å². The fraction of sp³-hybridized carbons (Fsp3) is 0.610. The average molecular weight is 750 g/mol. The summed E-state index contributed by atoms with van der Waals surface area (Å²) in [6.45, 7) is 14.6. The van der Waals surface area contributed by atoms with Crippen molar-refractivity contribution in [2.24, 2.45) is 5.92 Å². The van der Waals surface area contributed by atoms with Crippen LogP contribution in [0.5, 0.6) is 11.5 Å². The van der Waals surface area contributed by atoms with E-state index in [1.54, 1.807) is 40.0 Å². The third-order valence-electron chi connectivity index (χ3n) is 10.5. The smallest absolute Gasteiger partial charge is 0.411 e. The van der Waals surface area contributed by atoms with Gasteiger partial charge in [0.15, 0.2) is 0 Å².